The molecule has 0 unspecified atom stereocenters. The van der Waals surface area contributed by atoms with Gasteiger partial charge >= 0.3 is 0 Å². The Kier molecular flexibility index (Phi) is 3.86. The molecule has 0 aliphatic rings. The van der Waals surface area contributed by atoms with Crippen LogP contribution in [-0.2, 0) is 0 Å². The summed E-state index contributed by atoms with van der Waals surface area (Å²) < 4.78 is 13.1. The van der Waals surface area contributed by atoms with Gasteiger partial charge in [-0.15, -0.1) is 0 Å². The minimum atomic E-state index is -0.682. The second kappa shape index (κ2) is 4.73. The van der Waals surface area contributed by atoms with E-state index in [2.05, 4.69) is 5.32 Å². The van der Waals surface area contributed by atoms with Crippen LogP contribution < -0.4 is 5.32 Å². The molecule has 0 spiro atoms. The molecular formula is C9H8Cl2FNO. The Bertz CT molecular complexity index is 368. The van der Waals surface area contributed by atoms with Gasteiger partial charge in [-0.3, -0.25) is 4.79 Å². The van der Waals surface area contributed by atoms with Crippen LogP contribution in [0.15, 0.2) is 12.1 Å². The summed E-state index contributed by atoms with van der Waals surface area (Å²) in [5.41, 5.74) is 0.103. The topological polar surface area (TPSA) is 29.1 Å². The molecular weight excluding hydrogens is 228 g/mol. The molecule has 76 valence electrons. The van der Waals surface area contributed by atoms with Gasteiger partial charge in [0, 0.05) is 10.6 Å². The number of rotatable bonds is 3. The van der Waals surface area contributed by atoms with Gasteiger partial charge in [-0.05, 0) is 19.2 Å². The van der Waals surface area contributed by atoms with Gasteiger partial charge in [0.15, 0.2) is 5.78 Å². The molecule has 1 rings (SSSR count). The van der Waals surface area contributed by atoms with Crippen LogP contribution in [0.3, 0.4) is 0 Å². The molecule has 0 heterocycles. The van der Waals surface area contributed by atoms with E-state index >= 15 is 0 Å². The van der Waals surface area contributed by atoms with Crippen molar-refractivity contribution in [3.63, 3.8) is 0 Å². The third-order valence-corrected chi connectivity index (χ3v) is 2.23. The molecule has 5 heteroatoms. The van der Waals surface area contributed by atoms with Crippen molar-refractivity contribution >= 4 is 29.0 Å². The maximum absolute atomic E-state index is 13.1. The first-order chi connectivity index (χ1) is 6.56. The normalized spacial score (nSPS) is 10.3. The predicted octanol–water partition coefficient (Wildman–Crippen LogP) is 2.53. The summed E-state index contributed by atoms with van der Waals surface area (Å²) in [5.74, 6) is -0.975. The van der Waals surface area contributed by atoms with E-state index in [0.29, 0.717) is 0 Å². The number of Topliss-reactive ketones (excluding diaryl/α,β-unsaturated/α-hetero) is 1. The van der Waals surface area contributed by atoms with Crippen molar-refractivity contribution in [1.29, 1.82) is 0 Å². The summed E-state index contributed by atoms with van der Waals surface area (Å²) in [7, 11) is 1.62. The molecule has 0 bridgehead atoms. The van der Waals surface area contributed by atoms with E-state index in [9.17, 15) is 9.18 Å². The summed E-state index contributed by atoms with van der Waals surface area (Å²) in [5, 5.41) is 2.63. The van der Waals surface area contributed by atoms with Gasteiger partial charge in [0.1, 0.15) is 5.82 Å². The van der Waals surface area contributed by atoms with Crippen molar-refractivity contribution in [2.75, 3.05) is 13.6 Å². The predicted molar refractivity (Wildman–Crippen MR) is 54.7 cm³/mol. The molecule has 0 saturated carbocycles. The summed E-state index contributed by atoms with van der Waals surface area (Å²) in [6.45, 7) is 0.0967. The van der Waals surface area contributed by atoms with Gasteiger partial charge in [0.05, 0.1) is 11.6 Å². The second-order valence-corrected chi connectivity index (χ2v) is 3.52. The number of hydrogen-bond acceptors (Lipinski definition) is 2. The minimum absolute atomic E-state index is 0.0967. The van der Waals surface area contributed by atoms with E-state index in [0.717, 1.165) is 6.07 Å². The van der Waals surface area contributed by atoms with Gasteiger partial charge in [-0.2, -0.15) is 0 Å². The quantitative estimate of drug-likeness (QED) is 0.645. The zero-order valence-electron chi connectivity index (χ0n) is 7.40. The first-order valence-corrected chi connectivity index (χ1v) is 4.64. The van der Waals surface area contributed by atoms with E-state index in [1.807, 2.05) is 0 Å². The van der Waals surface area contributed by atoms with Crippen LogP contribution in [-0.4, -0.2) is 19.4 Å². The Hall–Kier alpha value is -0.640. The molecule has 0 aliphatic heterocycles. The Balaban J connectivity index is 3.13. The van der Waals surface area contributed by atoms with Crippen molar-refractivity contribution in [1.82, 2.24) is 5.32 Å². The van der Waals surface area contributed by atoms with Crippen LogP contribution in [0.25, 0.3) is 0 Å². The molecule has 14 heavy (non-hydrogen) atoms. The fourth-order valence-electron chi connectivity index (χ4n) is 1.01. The highest BCUT2D eigenvalue weighted by molar-refractivity contribution is 6.36. The highest BCUT2D eigenvalue weighted by atomic mass is 35.5. The van der Waals surface area contributed by atoms with Gasteiger partial charge < -0.3 is 5.32 Å². The lowest BCUT2D eigenvalue weighted by Gasteiger charge is -2.04. The number of likely N-dealkylation sites (N-methyl/N-ethyl adjacent to an activating group) is 1. The van der Waals surface area contributed by atoms with Crippen molar-refractivity contribution in [2.24, 2.45) is 0 Å². The maximum atomic E-state index is 13.1. The van der Waals surface area contributed by atoms with E-state index in [-0.39, 0.29) is 27.9 Å². The van der Waals surface area contributed by atoms with E-state index in [1.54, 1.807) is 7.05 Å². The molecule has 1 N–H and O–H groups in total. The first kappa shape index (κ1) is 11.4. The van der Waals surface area contributed by atoms with E-state index in [1.165, 1.54) is 6.07 Å². The fourth-order valence-corrected chi connectivity index (χ4v) is 1.43. The lowest BCUT2D eigenvalue weighted by molar-refractivity contribution is 0.0993. The third kappa shape index (κ3) is 2.44. The Morgan fingerprint density at radius 3 is 2.71 bits per heavy atom. The molecule has 0 saturated heterocycles. The molecule has 1 aromatic rings. The number of halogens is 3. The lowest BCUT2D eigenvalue weighted by atomic mass is 10.1. The number of nitrogens with one attached hydrogen (secondary N) is 1. The van der Waals surface area contributed by atoms with Crippen molar-refractivity contribution < 1.29 is 9.18 Å². The number of benzene rings is 1. The van der Waals surface area contributed by atoms with Gasteiger partial charge in [0.2, 0.25) is 0 Å². The standard InChI is InChI=1S/C9H8Cl2FNO/c1-13-4-8(14)6-2-5(10)3-7(12)9(6)11/h2-3,13H,4H2,1H3. The Labute approximate surface area is 91.0 Å². The van der Waals surface area contributed by atoms with Gasteiger partial charge in [-0.25, -0.2) is 4.39 Å². The van der Waals surface area contributed by atoms with E-state index < -0.39 is 5.82 Å². The summed E-state index contributed by atoms with van der Waals surface area (Å²) in [6.07, 6.45) is 0. The SMILES string of the molecule is CNCC(=O)c1cc(Cl)cc(F)c1Cl. The average Bonchev–Trinajstić information content (AvgIpc) is 2.11. The number of carbonyl (C=O) groups is 1. The third-order valence-electron chi connectivity index (χ3n) is 1.63. The van der Waals surface area contributed by atoms with Gasteiger partial charge in [-0.1, -0.05) is 23.2 Å². The lowest BCUT2D eigenvalue weighted by Crippen LogP contribution is -2.19. The summed E-state index contributed by atoms with van der Waals surface area (Å²) in [4.78, 5) is 11.4. The van der Waals surface area contributed by atoms with E-state index in [4.69, 9.17) is 23.2 Å². The van der Waals surface area contributed by atoms with Crippen LogP contribution in [0.2, 0.25) is 10.0 Å². The minimum Gasteiger partial charge on any atom is -0.313 e. The highest BCUT2D eigenvalue weighted by Crippen LogP contribution is 2.24. The van der Waals surface area contributed by atoms with Crippen LogP contribution >= 0.6 is 23.2 Å². The molecule has 0 aromatic heterocycles. The highest BCUT2D eigenvalue weighted by Gasteiger charge is 2.14. The maximum Gasteiger partial charge on any atom is 0.178 e. The van der Waals surface area contributed by atoms with Gasteiger partial charge in [0.25, 0.3) is 0 Å². The number of carbonyl (C=O) groups excluding carboxylic acids is 1. The molecule has 0 radical (unpaired) electrons. The van der Waals surface area contributed by atoms with Crippen LogP contribution in [0.1, 0.15) is 10.4 Å². The second-order valence-electron chi connectivity index (χ2n) is 2.70. The molecule has 0 aliphatic carbocycles. The first-order valence-electron chi connectivity index (χ1n) is 3.88. The zero-order chi connectivity index (χ0) is 10.7. The summed E-state index contributed by atoms with van der Waals surface area (Å²) in [6, 6.07) is 2.42. The van der Waals surface area contributed by atoms with Crippen LogP contribution in [0.4, 0.5) is 4.39 Å². The molecule has 0 fully saturated rings. The summed E-state index contributed by atoms with van der Waals surface area (Å²) >= 11 is 11.2. The molecule has 0 atom stereocenters. The molecule has 1 aromatic carbocycles. The largest absolute Gasteiger partial charge is 0.313 e. The monoisotopic (exact) mass is 235 g/mol. The van der Waals surface area contributed by atoms with Crippen molar-refractivity contribution in [3.05, 3.63) is 33.6 Å². The smallest absolute Gasteiger partial charge is 0.178 e. The molecule has 0 amide bonds. The number of hydrogen-bond donors (Lipinski definition) is 1. The average molecular weight is 236 g/mol. The molecule has 2 nitrogen and oxygen atoms in total. The van der Waals surface area contributed by atoms with Crippen molar-refractivity contribution in [3.8, 4) is 0 Å². The zero-order valence-corrected chi connectivity index (χ0v) is 8.92. The van der Waals surface area contributed by atoms with Crippen molar-refractivity contribution in [2.45, 2.75) is 0 Å². The van der Waals surface area contributed by atoms with Crippen LogP contribution in [0, 0.1) is 5.82 Å². The Morgan fingerprint density at radius 2 is 2.14 bits per heavy atom. The fraction of sp³-hybridized carbons (Fsp3) is 0.222. The van der Waals surface area contributed by atoms with Crippen LogP contribution in [0.5, 0.6) is 0 Å². The number of ketones is 1. The Morgan fingerprint density at radius 1 is 1.50 bits per heavy atom.